The Morgan fingerprint density at radius 3 is 2.94 bits per heavy atom. The first-order valence-corrected chi connectivity index (χ1v) is 5.79. The van der Waals surface area contributed by atoms with Crippen molar-refractivity contribution in [3.8, 4) is 0 Å². The van der Waals surface area contributed by atoms with Gasteiger partial charge in [0.2, 0.25) is 0 Å². The van der Waals surface area contributed by atoms with Crippen molar-refractivity contribution in [3.63, 3.8) is 0 Å². The Morgan fingerprint density at radius 1 is 1.12 bits per heavy atom. The molecule has 0 fully saturated rings. The van der Waals surface area contributed by atoms with E-state index in [0.29, 0.717) is 0 Å². The van der Waals surface area contributed by atoms with Crippen molar-refractivity contribution in [2.75, 3.05) is 7.05 Å². The van der Waals surface area contributed by atoms with E-state index in [1.807, 2.05) is 0 Å². The predicted molar refractivity (Wildman–Crippen MR) is 69.2 cm³/mol. The molecule has 0 spiro atoms. The van der Waals surface area contributed by atoms with Gasteiger partial charge in [0, 0.05) is 18.8 Å². The summed E-state index contributed by atoms with van der Waals surface area (Å²) < 4.78 is 0. The minimum atomic E-state index is 1.23. The molecule has 0 saturated heterocycles. The second-order valence-corrected chi connectivity index (χ2v) is 4.50. The monoisotopic (exact) mass is 220 g/mol. The van der Waals surface area contributed by atoms with Gasteiger partial charge in [0.1, 0.15) is 5.82 Å². The Balaban J connectivity index is 2.05. The van der Waals surface area contributed by atoms with Gasteiger partial charge in [-0.05, 0) is 23.8 Å². The zero-order valence-corrected chi connectivity index (χ0v) is 9.59. The van der Waals surface area contributed by atoms with E-state index in [4.69, 9.17) is 0 Å². The first kappa shape index (κ1) is 8.88. The molecule has 1 aromatic carbocycles. The molecule has 0 N–H and O–H groups in total. The number of allylic oxidation sites excluding steroid dienone is 3. The highest BCUT2D eigenvalue weighted by atomic mass is 15.4. The van der Waals surface area contributed by atoms with Crippen LogP contribution >= 0.6 is 0 Å². The number of fused-ring (bicyclic) bond motifs is 2. The standard InChI is InChI=1S/C15H12N2/c1-16-10-12-6-4-8-14-13-7-3-2-5-11(13)9-15(16)17(12)14/h2-10H,1H3. The zero-order chi connectivity index (χ0) is 11.4. The SMILES string of the molecule is CN1C=C2C=CC=C3c4ccccc4C=C1N23. The number of hydrogen-bond donors (Lipinski definition) is 0. The smallest absolute Gasteiger partial charge is 0.118 e. The summed E-state index contributed by atoms with van der Waals surface area (Å²) >= 11 is 0. The summed E-state index contributed by atoms with van der Waals surface area (Å²) in [4.78, 5) is 4.48. The summed E-state index contributed by atoms with van der Waals surface area (Å²) in [5.41, 5.74) is 5.12. The average molecular weight is 220 g/mol. The molecule has 0 aliphatic carbocycles. The van der Waals surface area contributed by atoms with Gasteiger partial charge in [-0.1, -0.05) is 30.3 Å². The minimum absolute atomic E-state index is 1.23. The van der Waals surface area contributed by atoms with Gasteiger partial charge in [-0.15, -0.1) is 0 Å². The lowest BCUT2D eigenvalue weighted by molar-refractivity contribution is 0.481. The third kappa shape index (κ3) is 1.04. The lowest BCUT2D eigenvalue weighted by Crippen LogP contribution is -2.25. The topological polar surface area (TPSA) is 6.48 Å². The van der Waals surface area contributed by atoms with Gasteiger partial charge >= 0.3 is 0 Å². The third-order valence-corrected chi connectivity index (χ3v) is 3.46. The fraction of sp³-hybridized carbons (Fsp3) is 0.0667. The molecule has 0 saturated carbocycles. The quantitative estimate of drug-likeness (QED) is 0.663. The molecular formula is C15H12N2. The van der Waals surface area contributed by atoms with Crippen LogP contribution in [0.5, 0.6) is 0 Å². The minimum Gasteiger partial charge on any atom is -0.335 e. The van der Waals surface area contributed by atoms with Gasteiger partial charge in [-0.25, -0.2) is 0 Å². The van der Waals surface area contributed by atoms with Crippen molar-refractivity contribution in [1.29, 1.82) is 0 Å². The fourth-order valence-corrected chi connectivity index (χ4v) is 2.68. The Labute approximate surface area is 100 Å². The van der Waals surface area contributed by atoms with Crippen molar-refractivity contribution < 1.29 is 0 Å². The number of benzene rings is 1. The van der Waals surface area contributed by atoms with Crippen LogP contribution in [0.2, 0.25) is 0 Å². The highest BCUT2D eigenvalue weighted by molar-refractivity contribution is 5.83. The molecule has 3 aliphatic rings. The van der Waals surface area contributed by atoms with Crippen molar-refractivity contribution in [2.45, 2.75) is 0 Å². The maximum absolute atomic E-state index is 2.31. The molecule has 17 heavy (non-hydrogen) atoms. The Morgan fingerprint density at radius 2 is 2.00 bits per heavy atom. The lowest BCUT2D eigenvalue weighted by atomic mass is 9.98. The molecule has 0 aromatic heterocycles. The molecule has 3 aliphatic heterocycles. The normalized spacial score (nSPS) is 19.5. The molecule has 0 amide bonds. The Hall–Kier alpha value is -2.22. The van der Waals surface area contributed by atoms with Crippen LogP contribution in [0.3, 0.4) is 0 Å². The van der Waals surface area contributed by atoms with E-state index in [0.717, 1.165) is 0 Å². The molecule has 4 rings (SSSR count). The summed E-state index contributed by atoms with van der Waals surface area (Å²) in [5, 5.41) is 0. The number of rotatable bonds is 0. The van der Waals surface area contributed by atoms with Crippen molar-refractivity contribution in [1.82, 2.24) is 9.80 Å². The molecule has 0 radical (unpaired) electrons. The van der Waals surface area contributed by atoms with E-state index in [-0.39, 0.29) is 0 Å². The summed E-state index contributed by atoms with van der Waals surface area (Å²) in [7, 11) is 2.09. The van der Waals surface area contributed by atoms with Crippen molar-refractivity contribution in [3.05, 3.63) is 71.3 Å². The predicted octanol–water partition coefficient (Wildman–Crippen LogP) is 3.00. The van der Waals surface area contributed by atoms with Crippen LogP contribution in [-0.4, -0.2) is 16.8 Å². The van der Waals surface area contributed by atoms with Crippen LogP contribution in [0.4, 0.5) is 0 Å². The Bertz CT molecular complexity index is 632. The summed E-state index contributed by atoms with van der Waals surface area (Å²) in [6.07, 6.45) is 10.9. The van der Waals surface area contributed by atoms with Crippen LogP contribution in [0, 0.1) is 0 Å². The molecule has 0 unspecified atom stereocenters. The molecular weight excluding hydrogens is 208 g/mol. The number of nitrogens with zero attached hydrogens (tertiary/aromatic N) is 2. The van der Waals surface area contributed by atoms with E-state index in [1.165, 1.54) is 28.3 Å². The second-order valence-electron chi connectivity index (χ2n) is 4.50. The summed E-state index contributed by atoms with van der Waals surface area (Å²) in [6.45, 7) is 0. The first-order chi connectivity index (χ1) is 8.34. The van der Waals surface area contributed by atoms with Gasteiger partial charge < -0.3 is 4.90 Å². The van der Waals surface area contributed by atoms with Crippen molar-refractivity contribution >= 4 is 11.8 Å². The summed E-state index contributed by atoms with van der Waals surface area (Å²) in [6, 6.07) is 8.54. The number of hydrogen-bond acceptors (Lipinski definition) is 2. The van der Waals surface area contributed by atoms with E-state index < -0.39 is 0 Å². The molecule has 82 valence electrons. The highest BCUT2D eigenvalue weighted by Crippen LogP contribution is 2.42. The van der Waals surface area contributed by atoms with Gasteiger partial charge in [-0.2, -0.15) is 0 Å². The highest BCUT2D eigenvalue weighted by Gasteiger charge is 2.32. The van der Waals surface area contributed by atoms with Crippen LogP contribution < -0.4 is 0 Å². The lowest BCUT2D eigenvalue weighted by Gasteiger charge is -2.33. The molecule has 2 nitrogen and oxygen atoms in total. The maximum Gasteiger partial charge on any atom is 0.118 e. The van der Waals surface area contributed by atoms with Crippen LogP contribution in [0.1, 0.15) is 11.1 Å². The van der Waals surface area contributed by atoms with Gasteiger partial charge in [0.05, 0.1) is 11.4 Å². The summed E-state index contributed by atoms with van der Waals surface area (Å²) in [5.74, 6) is 1.23. The van der Waals surface area contributed by atoms with Crippen LogP contribution in [-0.2, 0) is 0 Å². The average Bonchev–Trinajstić information content (AvgIpc) is 2.68. The molecule has 0 bridgehead atoms. The van der Waals surface area contributed by atoms with Crippen LogP contribution in [0.15, 0.2) is 60.2 Å². The van der Waals surface area contributed by atoms with E-state index >= 15 is 0 Å². The van der Waals surface area contributed by atoms with E-state index in [9.17, 15) is 0 Å². The van der Waals surface area contributed by atoms with E-state index in [2.05, 4.69) is 71.6 Å². The molecule has 2 heteroatoms. The zero-order valence-electron chi connectivity index (χ0n) is 9.59. The van der Waals surface area contributed by atoms with Crippen LogP contribution in [0.25, 0.3) is 11.8 Å². The van der Waals surface area contributed by atoms with Gasteiger partial charge in [0.15, 0.2) is 0 Å². The molecule has 1 aromatic rings. The molecule has 3 heterocycles. The largest absolute Gasteiger partial charge is 0.335 e. The van der Waals surface area contributed by atoms with Crippen molar-refractivity contribution in [2.24, 2.45) is 0 Å². The maximum atomic E-state index is 2.31. The Kier molecular flexibility index (Phi) is 1.52. The third-order valence-electron chi connectivity index (χ3n) is 3.46. The molecule has 0 atom stereocenters. The van der Waals surface area contributed by atoms with E-state index in [1.54, 1.807) is 0 Å². The first-order valence-electron chi connectivity index (χ1n) is 5.79. The fourth-order valence-electron chi connectivity index (χ4n) is 2.68. The van der Waals surface area contributed by atoms with Gasteiger partial charge in [-0.3, -0.25) is 4.90 Å². The second kappa shape index (κ2) is 2.92. The van der Waals surface area contributed by atoms with Gasteiger partial charge in [0.25, 0.3) is 0 Å².